The molecule has 0 fully saturated rings. The lowest BCUT2D eigenvalue weighted by Crippen LogP contribution is -2.29. The van der Waals surface area contributed by atoms with Gasteiger partial charge in [0.1, 0.15) is 16.9 Å². The van der Waals surface area contributed by atoms with Crippen molar-refractivity contribution in [2.24, 2.45) is 0 Å². The predicted molar refractivity (Wildman–Crippen MR) is 112 cm³/mol. The lowest BCUT2D eigenvalue weighted by atomic mass is 10.1. The van der Waals surface area contributed by atoms with Gasteiger partial charge in [0.15, 0.2) is 6.61 Å². The summed E-state index contributed by atoms with van der Waals surface area (Å²) in [5, 5.41) is 3.29. The number of ether oxygens (including phenoxy) is 2. The van der Waals surface area contributed by atoms with Crippen LogP contribution in [0.3, 0.4) is 0 Å². The maximum absolute atomic E-state index is 12.2. The third-order valence-corrected chi connectivity index (χ3v) is 4.31. The maximum atomic E-state index is 12.2. The monoisotopic (exact) mass is 409 g/mol. The second-order valence-electron chi connectivity index (χ2n) is 6.93. The first-order valence-corrected chi connectivity index (χ1v) is 9.60. The molecule has 7 heteroatoms. The lowest BCUT2D eigenvalue weighted by molar-refractivity contribution is -0.146. The molecule has 2 aromatic carbocycles. The van der Waals surface area contributed by atoms with Crippen LogP contribution in [0, 0.1) is 13.8 Å². The molecule has 0 bridgehead atoms. The highest BCUT2D eigenvalue weighted by Crippen LogP contribution is 2.16. The zero-order chi connectivity index (χ0) is 21.5. The molecule has 30 heavy (non-hydrogen) atoms. The summed E-state index contributed by atoms with van der Waals surface area (Å²) in [6.07, 6.45) is 0.403. The number of amides is 1. The summed E-state index contributed by atoms with van der Waals surface area (Å²) in [6.45, 7) is 4.09. The Morgan fingerprint density at radius 2 is 1.77 bits per heavy atom. The minimum atomic E-state index is -0.693. The zero-order valence-corrected chi connectivity index (χ0v) is 16.9. The average Bonchev–Trinajstić information content (AvgIpc) is 2.70. The molecule has 0 atom stereocenters. The van der Waals surface area contributed by atoms with Crippen molar-refractivity contribution in [3.63, 3.8) is 0 Å². The van der Waals surface area contributed by atoms with E-state index in [1.54, 1.807) is 24.3 Å². The number of aryl methyl sites for hydroxylation is 2. The van der Waals surface area contributed by atoms with Crippen LogP contribution in [-0.2, 0) is 9.53 Å². The van der Waals surface area contributed by atoms with E-state index in [0.717, 1.165) is 11.1 Å². The minimum Gasteiger partial charge on any atom is -0.482 e. The molecule has 0 aliphatic rings. The molecule has 0 radical (unpaired) electrons. The van der Waals surface area contributed by atoms with Crippen molar-refractivity contribution in [3.05, 3.63) is 75.6 Å². The van der Waals surface area contributed by atoms with E-state index in [9.17, 15) is 14.4 Å². The zero-order valence-electron chi connectivity index (χ0n) is 16.9. The molecule has 0 saturated carbocycles. The van der Waals surface area contributed by atoms with Gasteiger partial charge in [0.2, 0.25) is 0 Å². The lowest BCUT2D eigenvalue weighted by Gasteiger charge is -2.09. The van der Waals surface area contributed by atoms with E-state index in [2.05, 4.69) is 5.32 Å². The number of para-hydroxylation sites is 1. The molecule has 0 aliphatic heterocycles. The number of hydrogen-bond acceptors (Lipinski definition) is 6. The fourth-order valence-corrected chi connectivity index (χ4v) is 2.98. The first-order valence-electron chi connectivity index (χ1n) is 9.60. The van der Waals surface area contributed by atoms with E-state index in [1.165, 1.54) is 6.07 Å². The number of fused-ring (bicyclic) bond motifs is 1. The van der Waals surface area contributed by atoms with E-state index in [0.29, 0.717) is 23.1 Å². The van der Waals surface area contributed by atoms with E-state index in [4.69, 9.17) is 13.9 Å². The van der Waals surface area contributed by atoms with Gasteiger partial charge in [-0.05, 0) is 55.7 Å². The summed E-state index contributed by atoms with van der Waals surface area (Å²) in [7, 11) is 0. The smallest absolute Gasteiger partial charge is 0.349 e. The van der Waals surface area contributed by atoms with Crippen LogP contribution < -0.4 is 15.7 Å². The first-order chi connectivity index (χ1) is 14.4. The highest BCUT2D eigenvalue weighted by atomic mass is 16.6. The van der Waals surface area contributed by atoms with Crippen LogP contribution in [0.2, 0.25) is 0 Å². The molecule has 1 aromatic heterocycles. The molecular formula is C23H23NO6. The standard InChI is InChI=1S/C23H23NO6/c1-15-10-16(2)12-18(11-15)29-14-21(25)28-9-5-8-24-22(26)19-13-17-6-3-4-7-20(17)30-23(19)27/h3-4,6-7,10-13H,5,8-9,14H2,1-2H3,(H,24,26). The summed E-state index contributed by atoms with van der Waals surface area (Å²) in [5.74, 6) is -0.402. The molecule has 7 nitrogen and oxygen atoms in total. The van der Waals surface area contributed by atoms with Crippen LogP contribution in [0.5, 0.6) is 5.75 Å². The summed E-state index contributed by atoms with van der Waals surface area (Å²) in [4.78, 5) is 36.0. The molecule has 1 heterocycles. The van der Waals surface area contributed by atoms with Gasteiger partial charge in [-0.25, -0.2) is 9.59 Å². The Morgan fingerprint density at radius 1 is 1.03 bits per heavy atom. The Balaban J connectivity index is 1.39. The Kier molecular flexibility index (Phi) is 6.85. The number of carbonyl (C=O) groups excluding carboxylic acids is 2. The molecule has 1 amide bonds. The topological polar surface area (TPSA) is 94.8 Å². The summed E-state index contributed by atoms with van der Waals surface area (Å²) < 4.78 is 15.7. The molecule has 0 aliphatic carbocycles. The van der Waals surface area contributed by atoms with Crippen LogP contribution in [0.1, 0.15) is 27.9 Å². The van der Waals surface area contributed by atoms with Crippen molar-refractivity contribution >= 4 is 22.8 Å². The minimum absolute atomic E-state index is 0.0625. The summed E-state index contributed by atoms with van der Waals surface area (Å²) in [5.41, 5.74) is 1.77. The average molecular weight is 409 g/mol. The fourth-order valence-electron chi connectivity index (χ4n) is 2.98. The maximum Gasteiger partial charge on any atom is 0.349 e. The van der Waals surface area contributed by atoms with Crippen molar-refractivity contribution in [3.8, 4) is 5.75 Å². The number of carbonyl (C=O) groups is 2. The van der Waals surface area contributed by atoms with E-state index >= 15 is 0 Å². The third kappa shape index (κ3) is 5.70. The Labute approximate surface area is 173 Å². The van der Waals surface area contributed by atoms with Crippen molar-refractivity contribution in [2.75, 3.05) is 19.8 Å². The quantitative estimate of drug-likeness (QED) is 0.349. The van der Waals surface area contributed by atoms with Crippen LogP contribution in [0.15, 0.2) is 57.7 Å². The highest BCUT2D eigenvalue weighted by Gasteiger charge is 2.13. The number of benzene rings is 2. The van der Waals surface area contributed by atoms with Gasteiger partial charge in [-0.3, -0.25) is 4.79 Å². The molecule has 0 saturated heterocycles. The van der Waals surface area contributed by atoms with Gasteiger partial charge >= 0.3 is 11.6 Å². The van der Waals surface area contributed by atoms with Crippen LogP contribution >= 0.6 is 0 Å². The number of nitrogens with one attached hydrogen (secondary N) is 1. The normalized spacial score (nSPS) is 10.6. The molecule has 3 rings (SSSR count). The van der Waals surface area contributed by atoms with Gasteiger partial charge in [0, 0.05) is 11.9 Å². The third-order valence-electron chi connectivity index (χ3n) is 4.31. The first kappa shape index (κ1) is 21.1. The van der Waals surface area contributed by atoms with Crippen molar-refractivity contribution < 1.29 is 23.5 Å². The van der Waals surface area contributed by atoms with Gasteiger partial charge in [-0.15, -0.1) is 0 Å². The largest absolute Gasteiger partial charge is 0.482 e. The summed E-state index contributed by atoms with van der Waals surface area (Å²) in [6, 6.07) is 14.2. The van der Waals surface area contributed by atoms with Gasteiger partial charge in [0.05, 0.1) is 6.61 Å². The highest BCUT2D eigenvalue weighted by molar-refractivity contribution is 5.96. The molecule has 156 valence electrons. The van der Waals surface area contributed by atoms with Crippen molar-refractivity contribution in [2.45, 2.75) is 20.3 Å². The molecule has 1 N–H and O–H groups in total. The second kappa shape index (κ2) is 9.73. The number of esters is 1. The van der Waals surface area contributed by atoms with Gasteiger partial charge < -0.3 is 19.2 Å². The Morgan fingerprint density at radius 3 is 2.53 bits per heavy atom. The van der Waals surface area contributed by atoms with E-state index < -0.39 is 17.5 Å². The Bertz CT molecular complexity index is 1100. The predicted octanol–water partition coefficient (Wildman–Crippen LogP) is 3.15. The van der Waals surface area contributed by atoms with Crippen LogP contribution in [0.25, 0.3) is 11.0 Å². The second-order valence-corrected chi connectivity index (χ2v) is 6.93. The van der Waals surface area contributed by atoms with E-state index in [1.807, 2.05) is 32.0 Å². The fraction of sp³-hybridized carbons (Fsp3) is 0.261. The van der Waals surface area contributed by atoms with Crippen LogP contribution in [-0.4, -0.2) is 31.6 Å². The van der Waals surface area contributed by atoms with Gasteiger partial charge in [0.25, 0.3) is 5.91 Å². The van der Waals surface area contributed by atoms with Crippen LogP contribution in [0.4, 0.5) is 0 Å². The molecule has 3 aromatic rings. The number of hydrogen-bond donors (Lipinski definition) is 1. The van der Waals surface area contributed by atoms with Gasteiger partial charge in [-0.1, -0.05) is 24.3 Å². The van der Waals surface area contributed by atoms with Crippen molar-refractivity contribution in [1.29, 1.82) is 0 Å². The molecule has 0 spiro atoms. The Hall–Kier alpha value is -3.61. The van der Waals surface area contributed by atoms with Gasteiger partial charge in [-0.2, -0.15) is 0 Å². The molecular weight excluding hydrogens is 386 g/mol. The van der Waals surface area contributed by atoms with E-state index in [-0.39, 0.29) is 25.3 Å². The molecule has 0 unspecified atom stereocenters. The number of rotatable bonds is 8. The SMILES string of the molecule is Cc1cc(C)cc(OCC(=O)OCCCNC(=O)c2cc3ccccc3oc2=O)c1. The summed E-state index contributed by atoms with van der Waals surface area (Å²) >= 11 is 0. The van der Waals surface area contributed by atoms with Crippen molar-refractivity contribution in [1.82, 2.24) is 5.32 Å².